The maximum Gasteiger partial charge on any atom is 0.243 e. The van der Waals surface area contributed by atoms with Gasteiger partial charge in [0.05, 0.1) is 4.90 Å². The number of hydrogen-bond donors (Lipinski definition) is 1. The number of aryl methyl sites for hydroxylation is 1. The van der Waals surface area contributed by atoms with Crippen LogP contribution in [0.3, 0.4) is 0 Å². The first kappa shape index (κ1) is 15.4. The van der Waals surface area contributed by atoms with Crippen LogP contribution in [0.2, 0.25) is 0 Å². The van der Waals surface area contributed by atoms with E-state index in [1.54, 1.807) is 32.2 Å². The van der Waals surface area contributed by atoms with Crippen LogP contribution in [-0.2, 0) is 10.0 Å². The topological polar surface area (TPSA) is 63.4 Å². The number of rotatable bonds is 5. The molecule has 6 heteroatoms. The lowest BCUT2D eigenvalue weighted by atomic mass is 9.86. The second-order valence-electron chi connectivity index (χ2n) is 5.43. The zero-order valence-corrected chi connectivity index (χ0v) is 13.4. The summed E-state index contributed by atoms with van der Waals surface area (Å²) in [7, 11) is -1.84. The monoisotopic (exact) mass is 312 g/mol. The van der Waals surface area contributed by atoms with Crippen molar-refractivity contribution in [1.29, 1.82) is 0 Å². The molecule has 0 heterocycles. The number of nitrogens with zero attached hydrogens (tertiary/aromatic N) is 1. The molecule has 2 N–H and O–H groups in total. The molecule has 0 aromatic heterocycles. The van der Waals surface area contributed by atoms with Gasteiger partial charge in [0.25, 0.3) is 0 Å². The van der Waals surface area contributed by atoms with E-state index in [2.05, 4.69) is 0 Å². The van der Waals surface area contributed by atoms with Crippen LogP contribution in [0.25, 0.3) is 0 Å². The van der Waals surface area contributed by atoms with E-state index >= 15 is 0 Å². The predicted octanol–water partition coefficient (Wildman–Crippen LogP) is 2.05. The van der Waals surface area contributed by atoms with E-state index in [1.807, 2.05) is 0 Å². The number of sulfonamides is 1. The summed E-state index contributed by atoms with van der Waals surface area (Å²) in [6.45, 7) is 2.37. The highest BCUT2D eigenvalue weighted by molar-refractivity contribution is 7.89. The molecule has 0 spiro atoms. The maximum absolute atomic E-state index is 12.6. The number of hydrogen-bond acceptors (Lipinski definition) is 3. The van der Waals surface area contributed by atoms with E-state index in [0.717, 1.165) is 12.8 Å². The van der Waals surface area contributed by atoms with Gasteiger partial charge in [0.2, 0.25) is 10.0 Å². The summed E-state index contributed by atoms with van der Waals surface area (Å²) in [5.41, 5.74) is 6.88. The van der Waals surface area contributed by atoms with Gasteiger partial charge in [-0.1, -0.05) is 30.8 Å². The molecule has 1 aromatic rings. The van der Waals surface area contributed by atoms with Crippen molar-refractivity contribution >= 4 is 27.2 Å². The first-order chi connectivity index (χ1) is 9.32. The first-order valence-corrected chi connectivity index (χ1v) is 8.54. The summed E-state index contributed by atoms with van der Waals surface area (Å²) in [6.07, 6.45) is 3.44. The van der Waals surface area contributed by atoms with Gasteiger partial charge in [-0.05, 0) is 37.3 Å². The molecular formula is C14H20N2O2S2. The van der Waals surface area contributed by atoms with Gasteiger partial charge >= 0.3 is 0 Å². The van der Waals surface area contributed by atoms with Crippen LogP contribution >= 0.6 is 12.2 Å². The highest BCUT2D eigenvalue weighted by atomic mass is 32.2. The largest absolute Gasteiger partial charge is 0.389 e. The minimum atomic E-state index is -3.48. The van der Waals surface area contributed by atoms with Crippen LogP contribution in [-0.4, -0.2) is 31.3 Å². The Bertz CT molecular complexity index is 622. The van der Waals surface area contributed by atoms with Crippen LogP contribution in [0.5, 0.6) is 0 Å². The summed E-state index contributed by atoms with van der Waals surface area (Å²) in [6, 6.07) is 5.07. The molecule has 0 radical (unpaired) electrons. The van der Waals surface area contributed by atoms with Crippen LogP contribution in [0.15, 0.2) is 23.1 Å². The Morgan fingerprint density at radius 3 is 2.60 bits per heavy atom. The smallest absolute Gasteiger partial charge is 0.243 e. The van der Waals surface area contributed by atoms with E-state index in [0.29, 0.717) is 28.5 Å². The van der Waals surface area contributed by atoms with E-state index < -0.39 is 10.0 Å². The Kier molecular flexibility index (Phi) is 4.46. The summed E-state index contributed by atoms with van der Waals surface area (Å²) >= 11 is 4.92. The van der Waals surface area contributed by atoms with Gasteiger partial charge in [0.1, 0.15) is 4.99 Å². The average Bonchev–Trinajstić information content (AvgIpc) is 2.33. The van der Waals surface area contributed by atoms with Crippen molar-refractivity contribution in [2.24, 2.45) is 11.7 Å². The van der Waals surface area contributed by atoms with Crippen molar-refractivity contribution in [3.8, 4) is 0 Å². The third kappa shape index (κ3) is 3.02. The van der Waals surface area contributed by atoms with Gasteiger partial charge in [-0.25, -0.2) is 12.7 Å². The SMILES string of the molecule is Cc1ccc(C(N)=S)cc1S(=O)(=O)N(C)CC1CCC1. The fourth-order valence-corrected chi connectivity index (χ4v) is 3.96. The Labute approximate surface area is 126 Å². The lowest BCUT2D eigenvalue weighted by Crippen LogP contribution is -2.34. The van der Waals surface area contributed by atoms with Crippen LogP contribution in [0.4, 0.5) is 0 Å². The molecule has 20 heavy (non-hydrogen) atoms. The molecule has 0 unspecified atom stereocenters. The van der Waals surface area contributed by atoms with Gasteiger partial charge in [-0.2, -0.15) is 0 Å². The van der Waals surface area contributed by atoms with Crippen LogP contribution in [0, 0.1) is 12.8 Å². The van der Waals surface area contributed by atoms with Crippen molar-refractivity contribution in [3.63, 3.8) is 0 Å². The van der Waals surface area contributed by atoms with E-state index in [-0.39, 0.29) is 4.99 Å². The minimum absolute atomic E-state index is 0.211. The molecule has 1 saturated carbocycles. The van der Waals surface area contributed by atoms with Gasteiger partial charge in [-0.3, -0.25) is 0 Å². The number of benzene rings is 1. The molecule has 4 nitrogen and oxygen atoms in total. The van der Waals surface area contributed by atoms with Gasteiger partial charge in [0, 0.05) is 19.2 Å². The summed E-state index contributed by atoms with van der Waals surface area (Å²) in [5, 5.41) is 0. The first-order valence-electron chi connectivity index (χ1n) is 6.69. The maximum atomic E-state index is 12.6. The van der Waals surface area contributed by atoms with Crippen LogP contribution in [0.1, 0.15) is 30.4 Å². The van der Waals surface area contributed by atoms with Crippen molar-refractivity contribution in [2.45, 2.75) is 31.1 Å². The quantitative estimate of drug-likeness (QED) is 0.845. The second kappa shape index (κ2) is 5.79. The molecule has 0 atom stereocenters. The lowest BCUT2D eigenvalue weighted by molar-refractivity contribution is 0.263. The zero-order chi connectivity index (χ0) is 14.9. The Morgan fingerprint density at radius 1 is 1.45 bits per heavy atom. The molecule has 1 aromatic carbocycles. The number of nitrogens with two attached hydrogens (primary N) is 1. The Hall–Kier alpha value is -0.980. The third-order valence-corrected chi connectivity index (χ3v) is 6.10. The number of thiocarbonyl (C=S) groups is 1. The molecule has 110 valence electrons. The fraction of sp³-hybridized carbons (Fsp3) is 0.500. The average molecular weight is 312 g/mol. The van der Waals surface area contributed by atoms with Crippen molar-refractivity contribution in [3.05, 3.63) is 29.3 Å². The van der Waals surface area contributed by atoms with Gasteiger partial charge in [0.15, 0.2) is 0 Å². The lowest BCUT2D eigenvalue weighted by Gasteiger charge is -2.30. The Morgan fingerprint density at radius 2 is 2.10 bits per heavy atom. The van der Waals surface area contributed by atoms with Gasteiger partial charge in [-0.15, -0.1) is 0 Å². The zero-order valence-electron chi connectivity index (χ0n) is 11.8. The molecule has 1 aliphatic rings. The summed E-state index contributed by atoms with van der Waals surface area (Å²) < 4.78 is 26.7. The van der Waals surface area contributed by atoms with Gasteiger partial charge < -0.3 is 5.73 Å². The molecular weight excluding hydrogens is 292 g/mol. The molecule has 1 fully saturated rings. The molecule has 0 amide bonds. The Balaban J connectivity index is 2.32. The van der Waals surface area contributed by atoms with E-state index in [1.165, 1.54) is 10.7 Å². The highest BCUT2D eigenvalue weighted by Gasteiger charge is 2.28. The van der Waals surface area contributed by atoms with Crippen molar-refractivity contribution in [2.75, 3.05) is 13.6 Å². The highest BCUT2D eigenvalue weighted by Crippen LogP contribution is 2.29. The van der Waals surface area contributed by atoms with E-state index in [9.17, 15) is 8.42 Å². The van der Waals surface area contributed by atoms with E-state index in [4.69, 9.17) is 18.0 Å². The molecule has 0 aliphatic heterocycles. The molecule has 0 saturated heterocycles. The normalized spacial score (nSPS) is 16.1. The standard InChI is InChI=1S/C14H20N2O2S2/c1-10-6-7-12(14(15)19)8-13(10)20(17,18)16(2)9-11-4-3-5-11/h6-8,11H,3-5,9H2,1-2H3,(H2,15,19). The fourth-order valence-electron chi connectivity index (χ4n) is 2.34. The molecule has 0 bridgehead atoms. The predicted molar refractivity (Wildman–Crippen MR) is 84.2 cm³/mol. The van der Waals surface area contributed by atoms with Crippen molar-refractivity contribution < 1.29 is 8.42 Å². The molecule has 1 aliphatic carbocycles. The minimum Gasteiger partial charge on any atom is -0.389 e. The third-order valence-electron chi connectivity index (χ3n) is 3.90. The summed E-state index contributed by atoms with van der Waals surface area (Å²) in [4.78, 5) is 0.507. The molecule has 2 rings (SSSR count). The summed E-state index contributed by atoms with van der Waals surface area (Å²) in [5.74, 6) is 0.494. The second-order valence-corrected chi connectivity index (χ2v) is 7.88. The van der Waals surface area contributed by atoms with Crippen molar-refractivity contribution in [1.82, 2.24) is 4.31 Å². The van der Waals surface area contributed by atoms with Crippen LogP contribution < -0.4 is 5.73 Å².